The smallest absolute Gasteiger partial charge is 0.242 e. The summed E-state index contributed by atoms with van der Waals surface area (Å²) >= 11 is 0. The standard InChI is InChI=1S/C15H23N3O2/c1-2-6-18(14-5-3-4-13(16)11-14)12-15(19)17-7-9-20-10-8-17/h3-5,11H,2,6-10,12,16H2,1H3. The molecule has 1 aromatic carbocycles. The minimum atomic E-state index is 0.157. The number of carbonyl (C=O) groups is 1. The van der Waals surface area contributed by atoms with Gasteiger partial charge in [-0.05, 0) is 24.6 Å². The Bertz CT molecular complexity index is 444. The molecule has 0 bridgehead atoms. The van der Waals surface area contributed by atoms with Gasteiger partial charge in [-0.25, -0.2) is 0 Å². The molecule has 1 fully saturated rings. The monoisotopic (exact) mass is 277 g/mol. The van der Waals surface area contributed by atoms with Crippen LogP contribution in [0.2, 0.25) is 0 Å². The molecule has 1 saturated heterocycles. The SMILES string of the molecule is CCCN(CC(=O)N1CCOCC1)c1cccc(N)c1. The van der Waals surface area contributed by atoms with Crippen LogP contribution in [-0.4, -0.2) is 50.2 Å². The van der Waals surface area contributed by atoms with E-state index in [0.717, 1.165) is 24.3 Å². The second-order valence-corrected chi connectivity index (χ2v) is 5.01. The number of anilines is 2. The number of morpholine rings is 1. The topological polar surface area (TPSA) is 58.8 Å². The molecule has 5 heteroatoms. The highest BCUT2D eigenvalue weighted by molar-refractivity contribution is 5.81. The molecule has 1 heterocycles. The summed E-state index contributed by atoms with van der Waals surface area (Å²) in [6.45, 7) is 6.01. The lowest BCUT2D eigenvalue weighted by Crippen LogP contribution is -2.46. The fourth-order valence-corrected chi connectivity index (χ4v) is 2.37. The summed E-state index contributed by atoms with van der Waals surface area (Å²) in [6, 6.07) is 7.70. The van der Waals surface area contributed by atoms with Crippen molar-refractivity contribution in [2.75, 3.05) is 50.0 Å². The van der Waals surface area contributed by atoms with Crippen LogP contribution >= 0.6 is 0 Å². The maximum atomic E-state index is 12.3. The Morgan fingerprint density at radius 3 is 2.80 bits per heavy atom. The summed E-state index contributed by atoms with van der Waals surface area (Å²) in [6.07, 6.45) is 0.991. The normalized spacial score (nSPS) is 15.2. The summed E-state index contributed by atoms with van der Waals surface area (Å²) in [7, 11) is 0. The van der Waals surface area contributed by atoms with Crippen LogP contribution in [0.5, 0.6) is 0 Å². The molecule has 110 valence electrons. The average Bonchev–Trinajstić information content (AvgIpc) is 2.47. The van der Waals surface area contributed by atoms with Crippen molar-refractivity contribution >= 4 is 17.3 Å². The van der Waals surface area contributed by atoms with Crippen molar-refractivity contribution < 1.29 is 9.53 Å². The molecule has 0 atom stereocenters. The van der Waals surface area contributed by atoms with Crippen molar-refractivity contribution in [3.8, 4) is 0 Å². The van der Waals surface area contributed by atoms with Gasteiger partial charge in [0.05, 0.1) is 19.8 Å². The maximum Gasteiger partial charge on any atom is 0.242 e. The average molecular weight is 277 g/mol. The summed E-state index contributed by atoms with van der Waals surface area (Å²) in [5.74, 6) is 0.157. The first-order valence-corrected chi connectivity index (χ1v) is 7.16. The van der Waals surface area contributed by atoms with E-state index in [1.165, 1.54) is 0 Å². The molecule has 0 saturated carbocycles. The Kier molecular flexibility index (Phi) is 5.24. The molecule has 1 amide bonds. The number of nitrogens with two attached hydrogens (primary N) is 1. The number of hydrogen-bond donors (Lipinski definition) is 1. The largest absolute Gasteiger partial charge is 0.399 e. The Morgan fingerprint density at radius 1 is 1.40 bits per heavy atom. The number of benzene rings is 1. The van der Waals surface area contributed by atoms with Crippen molar-refractivity contribution in [2.45, 2.75) is 13.3 Å². The second kappa shape index (κ2) is 7.14. The highest BCUT2D eigenvalue weighted by atomic mass is 16.5. The molecule has 0 spiro atoms. The third kappa shape index (κ3) is 3.87. The number of carbonyl (C=O) groups excluding carboxylic acids is 1. The fourth-order valence-electron chi connectivity index (χ4n) is 2.37. The van der Waals surface area contributed by atoms with E-state index in [9.17, 15) is 4.79 Å². The molecule has 5 nitrogen and oxygen atoms in total. The van der Waals surface area contributed by atoms with Gasteiger partial charge in [0.2, 0.25) is 5.91 Å². The van der Waals surface area contributed by atoms with Crippen molar-refractivity contribution in [3.63, 3.8) is 0 Å². The van der Waals surface area contributed by atoms with Crippen LogP contribution in [0.3, 0.4) is 0 Å². The molecule has 0 aromatic heterocycles. The van der Waals surface area contributed by atoms with Crippen LogP contribution in [0.1, 0.15) is 13.3 Å². The highest BCUT2D eigenvalue weighted by Crippen LogP contribution is 2.18. The van der Waals surface area contributed by atoms with Gasteiger partial charge < -0.3 is 20.3 Å². The minimum Gasteiger partial charge on any atom is -0.399 e. The first-order valence-electron chi connectivity index (χ1n) is 7.16. The molecule has 1 aliphatic rings. The van der Waals surface area contributed by atoms with E-state index < -0.39 is 0 Å². The Hall–Kier alpha value is -1.75. The number of hydrogen-bond acceptors (Lipinski definition) is 4. The lowest BCUT2D eigenvalue weighted by atomic mass is 10.2. The van der Waals surface area contributed by atoms with Gasteiger partial charge in [0.25, 0.3) is 0 Å². The first-order chi connectivity index (χ1) is 9.70. The summed E-state index contributed by atoms with van der Waals surface area (Å²) in [5.41, 5.74) is 7.56. The van der Waals surface area contributed by atoms with E-state index in [0.29, 0.717) is 32.8 Å². The van der Waals surface area contributed by atoms with Gasteiger partial charge in [0.15, 0.2) is 0 Å². The van der Waals surface area contributed by atoms with Gasteiger partial charge in [0.1, 0.15) is 0 Å². The van der Waals surface area contributed by atoms with Gasteiger partial charge in [-0.15, -0.1) is 0 Å². The van der Waals surface area contributed by atoms with E-state index in [1.54, 1.807) is 0 Å². The van der Waals surface area contributed by atoms with E-state index in [4.69, 9.17) is 10.5 Å². The van der Waals surface area contributed by atoms with Crippen LogP contribution in [-0.2, 0) is 9.53 Å². The predicted octanol–water partition coefficient (Wildman–Crippen LogP) is 1.34. The number of nitrogen functional groups attached to an aromatic ring is 1. The zero-order valence-corrected chi connectivity index (χ0v) is 12.0. The quantitative estimate of drug-likeness (QED) is 0.825. The van der Waals surface area contributed by atoms with Crippen molar-refractivity contribution in [3.05, 3.63) is 24.3 Å². The number of ether oxygens (including phenoxy) is 1. The zero-order valence-electron chi connectivity index (χ0n) is 12.0. The summed E-state index contributed by atoms with van der Waals surface area (Å²) < 4.78 is 5.28. The molecule has 0 radical (unpaired) electrons. The molecule has 20 heavy (non-hydrogen) atoms. The zero-order chi connectivity index (χ0) is 14.4. The van der Waals surface area contributed by atoms with Crippen LogP contribution in [0.4, 0.5) is 11.4 Å². The highest BCUT2D eigenvalue weighted by Gasteiger charge is 2.19. The molecule has 2 rings (SSSR count). The van der Waals surface area contributed by atoms with Gasteiger partial charge in [-0.1, -0.05) is 13.0 Å². The van der Waals surface area contributed by atoms with Crippen LogP contribution in [0.25, 0.3) is 0 Å². The molecule has 1 aliphatic heterocycles. The second-order valence-electron chi connectivity index (χ2n) is 5.01. The Labute approximate surface area is 120 Å². The Morgan fingerprint density at radius 2 is 2.15 bits per heavy atom. The van der Waals surface area contributed by atoms with E-state index in [-0.39, 0.29) is 5.91 Å². The predicted molar refractivity (Wildman–Crippen MR) is 80.8 cm³/mol. The molecule has 0 aliphatic carbocycles. The number of nitrogens with zero attached hydrogens (tertiary/aromatic N) is 2. The van der Waals surface area contributed by atoms with Crippen LogP contribution < -0.4 is 10.6 Å². The van der Waals surface area contributed by atoms with E-state index in [2.05, 4.69) is 11.8 Å². The summed E-state index contributed by atoms with van der Waals surface area (Å²) in [5, 5.41) is 0. The summed E-state index contributed by atoms with van der Waals surface area (Å²) in [4.78, 5) is 16.3. The van der Waals surface area contributed by atoms with Gasteiger partial charge in [-0.3, -0.25) is 4.79 Å². The van der Waals surface area contributed by atoms with E-state index in [1.807, 2.05) is 29.2 Å². The van der Waals surface area contributed by atoms with Gasteiger partial charge in [0, 0.05) is 31.0 Å². The van der Waals surface area contributed by atoms with Crippen LogP contribution in [0, 0.1) is 0 Å². The maximum absolute atomic E-state index is 12.3. The molecular weight excluding hydrogens is 254 g/mol. The fraction of sp³-hybridized carbons (Fsp3) is 0.533. The molecule has 1 aromatic rings. The number of rotatable bonds is 5. The van der Waals surface area contributed by atoms with E-state index >= 15 is 0 Å². The van der Waals surface area contributed by atoms with Gasteiger partial charge in [-0.2, -0.15) is 0 Å². The van der Waals surface area contributed by atoms with Crippen molar-refractivity contribution in [1.82, 2.24) is 4.90 Å². The molecular formula is C15H23N3O2. The number of amides is 1. The van der Waals surface area contributed by atoms with Crippen molar-refractivity contribution in [1.29, 1.82) is 0 Å². The lowest BCUT2D eigenvalue weighted by molar-refractivity contribution is -0.133. The Balaban J connectivity index is 2.03. The third-order valence-corrected chi connectivity index (χ3v) is 3.42. The van der Waals surface area contributed by atoms with Gasteiger partial charge >= 0.3 is 0 Å². The lowest BCUT2D eigenvalue weighted by Gasteiger charge is -2.31. The first kappa shape index (κ1) is 14.7. The van der Waals surface area contributed by atoms with Crippen LogP contribution in [0.15, 0.2) is 24.3 Å². The third-order valence-electron chi connectivity index (χ3n) is 3.42. The minimum absolute atomic E-state index is 0.157. The molecule has 2 N–H and O–H groups in total. The van der Waals surface area contributed by atoms with Crippen molar-refractivity contribution in [2.24, 2.45) is 0 Å². The molecule has 0 unspecified atom stereocenters.